The molecule has 2 aromatic rings. The van der Waals surface area contributed by atoms with Crippen LogP contribution in [0.2, 0.25) is 0 Å². The minimum atomic E-state index is 0.101. The summed E-state index contributed by atoms with van der Waals surface area (Å²) in [6, 6.07) is 3.94. The first-order chi connectivity index (χ1) is 10.8. The van der Waals surface area contributed by atoms with Crippen LogP contribution in [-0.2, 0) is 6.42 Å². The van der Waals surface area contributed by atoms with Crippen LogP contribution in [0.25, 0.3) is 0 Å². The zero-order valence-electron chi connectivity index (χ0n) is 12.5. The number of anilines is 1. The summed E-state index contributed by atoms with van der Waals surface area (Å²) < 4.78 is 0. The Morgan fingerprint density at radius 2 is 2.36 bits per heavy atom. The van der Waals surface area contributed by atoms with Crippen LogP contribution in [0.4, 0.5) is 5.82 Å². The number of nitrogens with zero attached hydrogens (tertiary/aromatic N) is 4. The summed E-state index contributed by atoms with van der Waals surface area (Å²) in [6.07, 6.45) is 4.68. The lowest BCUT2D eigenvalue weighted by atomic mass is 9.93. The fraction of sp³-hybridized carbons (Fsp3) is 0.467. The first-order valence-electron chi connectivity index (χ1n) is 7.44. The van der Waals surface area contributed by atoms with Gasteiger partial charge in [-0.2, -0.15) is 5.10 Å². The van der Waals surface area contributed by atoms with Crippen molar-refractivity contribution >= 4 is 23.1 Å². The van der Waals surface area contributed by atoms with Crippen LogP contribution in [0.5, 0.6) is 0 Å². The van der Waals surface area contributed by atoms with Gasteiger partial charge in [-0.15, -0.1) is 16.4 Å². The van der Waals surface area contributed by atoms with E-state index in [-0.39, 0.29) is 5.91 Å². The molecule has 3 rings (SSSR count). The first kappa shape index (κ1) is 14.9. The molecule has 1 saturated heterocycles. The molecule has 1 aliphatic rings. The molecule has 0 radical (unpaired) electrons. The molecule has 0 aromatic carbocycles. The molecule has 1 amide bonds. The minimum absolute atomic E-state index is 0.101. The maximum Gasteiger partial charge on any atom is 0.265 e. The van der Waals surface area contributed by atoms with Gasteiger partial charge in [0.05, 0.1) is 17.4 Å². The molecule has 0 aliphatic carbocycles. The molecule has 1 atom stereocenters. The molecule has 6 nitrogen and oxygen atoms in total. The lowest BCUT2D eigenvalue weighted by molar-refractivity contribution is 0.0677. The van der Waals surface area contributed by atoms with Gasteiger partial charge in [-0.25, -0.2) is 0 Å². The van der Waals surface area contributed by atoms with Gasteiger partial charge in [0.2, 0.25) is 0 Å². The van der Waals surface area contributed by atoms with Crippen molar-refractivity contribution in [1.29, 1.82) is 0 Å². The Morgan fingerprint density at radius 3 is 3.05 bits per heavy atom. The summed E-state index contributed by atoms with van der Waals surface area (Å²) in [5, 5.41) is 11.3. The zero-order chi connectivity index (χ0) is 15.4. The predicted octanol–water partition coefficient (Wildman–Crippen LogP) is 2.07. The van der Waals surface area contributed by atoms with Crippen LogP contribution < -0.4 is 5.32 Å². The third kappa shape index (κ3) is 3.41. The van der Waals surface area contributed by atoms with Gasteiger partial charge in [-0.1, -0.05) is 0 Å². The van der Waals surface area contributed by atoms with E-state index in [1.165, 1.54) is 11.3 Å². The van der Waals surface area contributed by atoms with Gasteiger partial charge >= 0.3 is 0 Å². The Kier molecular flexibility index (Phi) is 4.62. The van der Waals surface area contributed by atoms with Gasteiger partial charge in [0.1, 0.15) is 10.7 Å². The van der Waals surface area contributed by atoms with Crippen molar-refractivity contribution in [2.24, 2.45) is 5.92 Å². The monoisotopic (exact) mass is 317 g/mol. The van der Waals surface area contributed by atoms with Crippen molar-refractivity contribution in [3.05, 3.63) is 34.4 Å². The second-order valence-corrected chi connectivity index (χ2v) is 6.38. The number of rotatable bonds is 4. The Bertz CT molecular complexity index is 613. The normalized spacial score (nSPS) is 18.2. The van der Waals surface area contributed by atoms with Gasteiger partial charge in [0, 0.05) is 20.1 Å². The van der Waals surface area contributed by atoms with Gasteiger partial charge in [0.15, 0.2) is 0 Å². The number of hydrogen-bond acceptors (Lipinski definition) is 6. The van der Waals surface area contributed by atoms with Crippen LogP contribution >= 0.6 is 11.3 Å². The summed E-state index contributed by atoms with van der Waals surface area (Å²) in [4.78, 5) is 19.1. The zero-order valence-corrected chi connectivity index (χ0v) is 13.3. The highest BCUT2D eigenvalue weighted by Crippen LogP contribution is 2.22. The van der Waals surface area contributed by atoms with E-state index in [4.69, 9.17) is 0 Å². The highest BCUT2D eigenvalue weighted by atomic mass is 32.1. The Hall–Kier alpha value is -2.02. The molecule has 7 heteroatoms. The number of nitrogens with one attached hydrogen (secondary N) is 1. The summed E-state index contributed by atoms with van der Waals surface area (Å²) in [6.45, 7) is 1.61. The van der Waals surface area contributed by atoms with Crippen molar-refractivity contribution < 1.29 is 4.79 Å². The molecule has 1 aliphatic heterocycles. The number of likely N-dealkylation sites (tertiary alicyclic amines) is 1. The van der Waals surface area contributed by atoms with Gasteiger partial charge in [-0.3, -0.25) is 9.78 Å². The molecule has 0 spiro atoms. The fourth-order valence-electron chi connectivity index (χ4n) is 2.79. The lowest BCUT2D eigenvalue weighted by Gasteiger charge is -2.32. The molecule has 1 fully saturated rings. The molecule has 0 bridgehead atoms. The fourth-order valence-corrected chi connectivity index (χ4v) is 3.38. The number of hydrogen-bond donors (Lipinski definition) is 1. The van der Waals surface area contributed by atoms with Crippen LogP contribution in [0, 0.1) is 5.92 Å². The highest BCUT2D eigenvalue weighted by molar-refractivity contribution is 7.11. The lowest BCUT2D eigenvalue weighted by Crippen LogP contribution is -2.40. The largest absolute Gasteiger partial charge is 0.372 e. The third-order valence-electron chi connectivity index (χ3n) is 3.92. The molecule has 3 heterocycles. The standard InChI is InChI=1S/C15H19N5OS/c1-16-14-5-4-12(18-19-14)7-11-3-2-6-20(9-11)15(21)13-8-17-10-22-13/h4-5,8,10-11H,2-3,6-7,9H2,1H3,(H,16,19)/t11-/m1/s1. The molecule has 0 saturated carbocycles. The number of carbonyl (C=O) groups is 1. The Balaban J connectivity index is 1.61. The first-order valence-corrected chi connectivity index (χ1v) is 8.32. The van der Waals surface area contributed by atoms with Crippen LogP contribution in [-0.4, -0.2) is 46.1 Å². The van der Waals surface area contributed by atoms with Crippen LogP contribution in [0.1, 0.15) is 28.2 Å². The minimum Gasteiger partial charge on any atom is -0.372 e. The summed E-state index contributed by atoms with van der Waals surface area (Å²) >= 11 is 1.40. The topological polar surface area (TPSA) is 71.0 Å². The van der Waals surface area contributed by atoms with E-state index in [1.807, 2.05) is 24.1 Å². The third-order valence-corrected chi connectivity index (χ3v) is 4.68. The molecule has 2 aromatic heterocycles. The van der Waals surface area contributed by atoms with E-state index in [0.29, 0.717) is 5.92 Å². The smallest absolute Gasteiger partial charge is 0.265 e. The molecule has 0 unspecified atom stereocenters. The van der Waals surface area contributed by atoms with Crippen molar-refractivity contribution in [2.75, 3.05) is 25.5 Å². The van der Waals surface area contributed by atoms with Gasteiger partial charge < -0.3 is 10.2 Å². The summed E-state index contributed by atoms with van der Waals surface area (Å²) in [5.41, 5.74) is 2.68. The number of thiazole rings is 1. The van der Waals surface area contributed by atoms with Gasteiger partial charge in [0.25, 0.3) is 5.91 Å². The van der Waals surface area contributed by atoms with E-state index in [1.54, 1.807) is 11.7 Å². The Labute approximate surface area is 133 Å². The second-order valence-electron chi connectivity index (χ2n) is 5.49. The van der Waals surface area contributed by atoms with E-state index in [0.717, 1.165) is 48.7 Å². The number of aromatic nitrogens is 3. The highest BCUT2D eigenvalue weighted by Gasteiger charge is 2.25. The molecule has 1 N–H and O–H groups in total. The van der Waals surface area contributed by atoms with E-state index < -0.39 is 0 Å². The summed E-state index contributed by atoms with van der Waals surface area (Å²) in [7, 11) is 1.83. The van der Waals surface area contributed by atoms with E-state index in [2.05, 4.69) is 20.5 Å². The van der Waals surface area contributed by atoms with Crippen molar-refractivity contribution in [3.8, 4) is 0 Å². The molecular formula is C15H19N5OS. The Morgan fingerprint density at radius 1 is 1.45 bits per heavy atom. The maximum atomic E-state index is 12.4. The van der Waals surface area contributed by atoms with Crippen LogP contribution in [0.15, 0.2) is 23.8 Å². The van der Waals surface area contributed by atoms with Crippen molar-refractivity contribution in [3.63, 3.8) is 0 Å². The number of piperidine rings is 1. The quantitative estimate of drug-likeness (QED) is 0.935. The molecular weight excluding hydrogens is 298 g/mol. The predicted molar refractivity (Wildman–Crippen MR) is 86.0 cm³/mol. The average molecular weight is 317 g/mol. The summed E-state index contributed by atoms with van der Waals surface area (Å²) in [5.74, 6) is 1.32. The van der Waals surface area contributed by atoms with E-state index in [9.17, 15) is 4.79 Å². The maximum absolute atomic E-state index is 12.4. The number of carbonyl (C=O) groups excluding carboxylic acids is 1. The molecule has 116 valence electrons. The van der Waals surface area contributed by atoms with Crippen LogP contribution in [0.3, 0.4) is 0 Å². The van der Waals surface area contributed by atoms with Crippen molar-refractivity contribution in [2.45, 2.75) is 19.3 Å². The SMILES string of the molecule is CNc1ccc(C[C@H]2CCCN(C(=O)c3cncs3)C2)nn1. The molecule has 22 heavy (non-hydrogen) atoms. The van der Waals surface area contributed by atoms with Crippen molar-refractivity contribution in [1.82, 2.24) is 20.1 Å². The van der Waals surface area contributed by atoms with Gasteiger partial charge in [-0.05, 0) is 37.3 Å². The second kappa shape index (κ2) is 6.83. The average Bonchev–Trinajstić information content (AvgIpc) is 3.09. The van der Waals surface area contributed by atoms with E-state index >= 15 is 0 Å². The number of amides is 1.